The molecule has 0 radical (unpaired) electrons. The van der Waals surface area contributed by atoms with Gasteiger partial charge in [0.2, 0.25) is 39.9 Å². The fourth-order valence-electron chi connectivity index (χ4n) is 5.65. The zero-order valence-electron chi connectivity index (χ0n) is 58.3. The first-order chi connectivity index (χ1) is 41.9. The van der Waals surface area contributed by atoms with E-state index in [1.54, 1.807) is 0 Å². The minimum absolute atomic E-state index is 0.0939. The van der Waals surface area contributed by atoms with Gasteiger partial charge in [-0.1, -0.05) is 190 Å². The van der Waals surface area contributed by atoms with E-state index in [9.17, 15) is 4.79 Å². The Labute approximate surface area is 617 Å². The van der Waals surface area contributed by atoms with E-state index >= 15 is 0 Å². The van der Waals surface area contributed by atoms with E-state index in [1.807, 2.05) is 41.5 Å². The SMILES string of the molecule is COC(=O)CCSP(=S)(OC(C)CSP(=S)(OC(C)CSP(=S)(OCC(C)C)OCC(C)C)OC(C)CSP(=S)(OCC(C)C)OCC(C)C)OC(C)CSP(=S)(OC(C)CSP(=S)(OCC(C)C)OCC(C)C)OC(C)CSP(=S)(OCC(C)C)OCC(C)C. The third-order valence-corrected chi connectivity index (χ3v) is 48.4. The van der Waals surface area contributed by atoms with Crippen LogP contribution in [0.2, 0.25) is 0 Å². The van der Waals surface area contributed by atoms with Crippen LogP contribution in [0, 0.1) is 47.3 Å². The number of ether oxygens (including phenoxy) is 1. The van der Waals surface area contributed by atoms with Crippen LogP contribution in [0.5, 0.6) is 0 Å². The molecule has 546 valence electrons. The van der Waals surface area contributed by atoms with Crippen molar-refractivity contribution >= 4 is 208 Å². The molecular formula is C54H115O16P7S14. The molecule has 16 nitrogen and oxygen atoms in total. The molecule has 0 heterocycles. The Morgan fingerprint density at radius 3 is 0.582 bits per heavy atom. The van der Waals surface area contributed by atoms with E-state index < -0.39 is 76.5 Å². The second-order valence-electron chi connectivity index (χ2n) is 25.1. The van der Waals surface area contributed by atoms with Gasteiger partial charge in [0, 0.05) is 40.3 Å². The highest BCUT2D eigenvalue weighted by molar-refractivity contribution is 8.70. The third kappa shape index (κ3) is 50.9. The van der Waals surface area contributed by atoms with Crippen molar-refractivity contribution in [3.05, 3.63) is 0 Å². The minimum Gasteiger partial charge on any atom is -0.469 e. The Hall–Kier alpha value is 5.91. The Morgan fingerprint density at radius 1 is 0.275 bits per heavy atom. The van der Waals surface area contributed by atoms with Gasteiger partial charge in [-0.2, -0.15) is 0 Å². The number of carbonyl (C=O) groups is 1. The van der Waals surface area contributed by atoms with Crippen molar-refractivity contribution in [1.82, 2.24) is 0 Å². The fraction of sp³-hybridized carbons (Fsp3) is 0.981. The molecule has 0 aliphatic rings. The first-order valence-electron chi connectivity index (χ1n) is 30.9. The van der Waals surface area contributed by atoms with Crippen molar-refractivity contribution in [3.8, 4) is 0 Å². The topological polar surface area (TPSA) is 156 Å². The summed E-state index contributed by atoms with van der Waals surface area (Å²) in [7, 11) is 1.36. The van der Waals surface area contributed by atoms with Crippen molar-refractivity contribution in [2.24, 2.45) is 47.3 Å². The second-order valence-corrected chi connectivity index (χ2v) is 69.4. The van der Waals surface area contributed by atoms with Gasteiger partial charge >= 0.3 is 5.97 Å². The number of esters is 1. The van der Waals surface area contributed by atoms with E-state index in [1.165, 1.54) is 86.8 Å². The highest BCUT2D eigenvalue weighted by Crippen LogP contribution is 2.70. The summed E-state index contributed by atoms with van der Waals surface area (Å²) in [4.78, 5) is 12.5. The van der Waals surface area contributed by atoms with Gasteiger partial charge in [-0.3, -0.25) is 4.79 Å². The number of hydrogen-bond acceptors (Lipinski definition) is 30. The second kappa shape index (κ2) is 50.4. The quantitative estimate of drug-likeness (QED) is 0.0418. The van der Waals surface area contributed by atoms with E-state index in [0.29, 0.717) is 93.1 Å². The van der Waals surface area contributed by atoms with Gasteiger partial charge in [0.25, 0.3) is 0 Å². The monoisotopic (exact) mass is 1680 g/mol. The summed E-state index contributed by atoms with van der Waals surface area (Å²) in [6, 6.07) is 0. The van der Waals surface area contributed by atoms with Crippen molar-refractivity contribution in [2.45, 2.75) is 195 Å². The summed E-state index contributed by atoms with van der Waals surface area (Å²) in [6.45, 7) is 48.9. The fourth-order valence-corrected chi connectivity index (χ4v) is 40.9. The van der Waals surface area contributed by atoms with Crippen molar-refractivity contribution in [2.75, 3.05) is 100 Å². The molecule has 0 amide bonds. The third-order valence-electron chi connectivity index (χ3n) is 9.97. The number of carbonyl (C=O) groups excluding carboxylic acids is 1. The Morgan fingerprint density at radius 2 is 0.429 bits per heavy atom. The summed E-state index contributed by atoms with van der Waals surface area (Å²) in [5, 5.41) is 0. The minimum atomic E-state index is -3.25. The van der Waals surface area contributed by atoms with Crippen LogP contribution in [0.1, 0.15) is 159 Å². The van der Waals surface area contributed by atoms with Crippen molar-refractivity contribution < 1.29 is 72.9 Å². The zero-order chi connectivity index (χ0) is 70.0. The largest absolute Gasteiger partial charge is 0.469 e. The molecule has 0 N–H and O–H groups in total. The van der Waals surface area contributed by atoms with Crippen LogP contribution < -0.4 is 0 Å². The average Bonchev–Trinajstić information content (AvgIpc) is 1.70. The van der Waals surface area contributed by atoms with Gasteiger partial charge in [-0.15, -0.1) is 0 Å². The molecule has 0 bridgehead atoms. The molecular weight excluding hydrogens is 1570 g/mol. The summed E-state index contributed by atoms with van der Waals surface area (Å²) < 4.78 is 96.4. The number of rotatable bonds is 58. The van der Waals surface area contributed by atoms with E-state index in [0.717, 1.165) is 0 Å². The van der Waals surface area contributed by atoms with Gasteiger partial charge in [0.15, 0.2) is 0 Å². The van der Waals surface area contributed by atoms with Gasteiger partial charge in [-0.25, -0.2) is 0 Å². The summed E-state index contributed by atoms with van der Waals surface area (Å²) in [6.07, 6.45) is -2.60. The standard InChI is InChI=1S/C54H115O16P7S14/c1-40(2)26-57-71(78,58-27-41(3)4)86-34-48(17)67-76(83,68-49(18)35-87-72(79,59-28-42(5)6)60-29-43(7)8)90-38-52(21)65-75(82,85-25-24-54(55)56-23)66-53(22)39-91-77(84,69-50(19)36-88-73(80,61-30-44(9)10)62-31-45(11)12)70-51(20)37-89-74(81,63-32-46(13)14)64-33-47(15)16/h40-53H,24-39H2,1-23H3. The van der Waals surface area contributed by atoms with Crippen LogP contribution >= 0.6 is 120 Å². The van der Waals surface area contributed by atoms with E-state index in [4.69, 9.17) is 151 Å². The Kier molecular flexibility index (Phi) is 53.7. The van der Waals surface area contributed by atoms with Crippen LogP contribution in [-0.4, -0.2) is 143 Å². The molecule has 0 aliphatic heterocycles. The number of methoxy groups -OCH3 is 1. The lowest BCUT2D eigenvalue weighted by Gasteiger charge is -2.32. The molecule has 0 aliphatic carbocycles. The molecule has 0 spiro atoms. The highest BCUT2D eigenvalue weighted by atomic mass is 32.9. The Bertz CT molecular complexity index is 2030. The maximum atomic E-state index is 12.5. The van der Waals surface area contributed by atoms with Gasteiger partial charge in [0.1, 0.15) is 0 Å². The lowest BCUT2D eigenvalue weighted by molar-refractivity contribution is -0.140. The summed E-state index contributed by atoms with van der Waals surface area (Å²) in [5.41, 5.74) is -20.6. The average molecular weight is 1690 g/mol. The van der Waals surface area contributed by atoms with E-state index in [2.05, 4.69) is 111 Å². The smallest absolute Gasteiger partial charge is 0.306 e. The Balaban J connectivity index is 7.15. The molecule has 0 aromatic rings. The van der Waals surface area contributed by atoms with Crippen LogP contribution in [0.3, 0.4) is 0 Å². The van der Waals surface area contributed by atoms with Crippen LogP contribution in [-0.2, 0) is 156 Å². The van der Waals surface area contributed by atoms with Gasteiger partial charge in [0.05, 0.1) is 103 Å². The van der Waals surface area contributed by atoms with Crippen molar-refractivity contribution in [1.29, 1.82) is 0 Å². The molecule has 0 fully saturated rings. The van der Waals surface area contributed by atoms with Crippen molar-refractivity contribution in [3.63, 3.8) is 0 Å². The first-order valence-corrected chi connectivity index (χ1v) is 60.5. The van der Waals surface area contributed by atoms with E-state index in [-0.39, 0.29) is 59.7 Å². The lowest BCUT2D eigenvalue weighted by Crippen LogP contribution is -2.18. The maximum absolute atomic E-state index is 12.5. The predicted octanol–water partition coefficient (Wildman–Crippen LogP) is 22.1. The molecule has 37 heteroatoms. The molecule has 6 unspecified atom stereocenters. The lowest BCUT2D eigenvalue weighted by atomic mass is 10.2. The molecule has 91 heavy (non-hydrogen) atoms. The predicted molar refractivity (Wildman–Crippen MR) is 433 cm³/mol. The molecule has 0 aromatic heterocycles. The molecule has 0 aromatic carbocycles. The molecule has 0 saturated heterocycles. The van der Waals surface area contributed by atoms with Crippen LogP contribution in [0.25, 0.3) is 0 Å². The highest BCUT2D eigenvalue weighted by Gasteiger charge is 2.36. The normalized spacial score (nSPS) is 17.3. The number of hydrogen-bond donors (Lipinski definition) is 0. The zero-order valence-corrected chi connectivity index (χ0v) is 76.0. The first kappa shape index (κ1) is 96.9. The van der Waals surface area contributed by atoms with Gasteiger partial charge < -0.3 is 68.1 Å². The van der Waals surface area contributed by atoms with Crippen LogP contribution in [0.4, 0.5) is 0 Å². The summed E-state index contributed by atoms with van der Waals surface area (Å²) in [5.74, 6) is 4.54. The molecule has 6 atom stereocenters. The maximum Gasteiger partial charge on any atom is 0.306 e. The summed E-state index contributed by atoms with van der Waals surface area (Å²) >= 11 is 53.5. The van der Waals surface area contributed by atoms with Crippen LogP contribution in [0.15, 0.2) is 0 Å². The molecule has 0 saturated carbocycles. The van der Waals surface area contributed by atoms with Gasteiger partial charge in [-0.05, 0) is 172 Å². The molecule has 0 rings (SSSR count).